The van der Waals surface area contributed by atoms with Gasteiger partial charge in [-0.3, -0.25) is 9.59 Å². The molecule has 0 aliphatic heterocycles. The molecular formula is C9H18N2O4. The second kappa shape index (κ2) is 8.19. The van der Waals surface area contributed by atoms with Crippen LogP contribution >= 0.6 is 0 Å². The monoisotopic (exact) mass is 218 g/mol. The van der Waals surface area contributed by atoms with Gasteiger partial charge >= 0.3 is 5.97 Å². The van der Waals surface area contributed by atoms with Crippen LogP contribution in [0.15, 0.2) is 0 Å². The van der Waals surface area contributed by atoms with Crippen LogP contribution in [-0.4, -0.2) is 41.3 Å². The number of nitrogens with two attached hydrogens (primary N) is 1. The molecule has 0 saturated heterocycles. The van der Waals surface area contributed by atoms with E-state index in [1.54, 1.807) is 0 Å². The van der Waals surface area contributed by atoms with Crippen molar-refractivity contribution in [3.05, 3.63) is 0 Å². The van der Waals surface area contributed by atoms with Gasteiger partial charge in [0.15, 0.2) is 0 Å². The van der Waals surface area contributed by atoms with Crippen LogP contribution in [-0.2, 0) is 9.59 Å². The molecule has 6 nitrogen and oxygen atoms in total. The van der Waals surface area contributed by atoms with Crippen molar-refractivity contribution in [1.82, 2.24) is 5.32 Å². The number of aliphatic carboxylic acids is 1. The van der Waals surface area contributed by atoms with Gasteiger partial charge in [-0.25, -0.2) is 0 Å². The number of hydrogen-bond acceptors (Lipinski definition) is 4. The minimum Gasteiger partial charge on any atom is -0.481 e. The van der Waals surface area contributed by atoms with Crippen LogP contribution in [0.1, 0.15) is 25.7 Å². The standard InChI is InChI=1S/C9H18N2O4/c10-6-7(12)2-1-3-8(13)11-5-4-9(14)15/h7,12H,1-6,10H2,(H,11,13)(H,14,15)/t7-/m0/s1. The largest absolute Gasteiger partial charge is 0.481 e. The number of aliphatic hydroxyl groups excluding tert-OH is 1. The Morgan fingerprint density at radius 2 is 2.00 bits per heavy atom. The number of hydrogen-bond donors (Lipinski definition) is 4. The highest BCUT2D eigenvalue weighted by molar-refractivity contribution is 5.76. The molecule has 1 amide bonds. The average Bonchev–Trinajstić information content (AvgIpc) is 2.17. The van der Waals surface area contributed by atoms with Crippen LogP contribution in [0.3, 0.4) is 0 Å². The molecule has 15 heavy (non-hydrogen) atoms. The van der Waals surface area contributed by atoms with Gasteiger partial charge in [-0.2, -0.15) is 0 Å². The molecule has 0 aliphatic rings. The third-order valence-electron chi connectivity index (χ3n) is 1.87. The zero-order chi connectivity index (χ0) is 11.7. The summed E-state index contributed by atoms with van der Waals surface area (Å²) in [5, 5.41) is 19.9. The Kier molecular flexibility index (Phi) is 7.57. The molecule has 0 aromatic carbocycles. The predicted octanol–water partition coefficient (Wildman–Crippen LogP) is -0.933. The summed E-state index contributed by atoms with van der Waals surface area (Å²) in [4.78, 5) is 21.2. The van der Waals surface area contributed by atoms with Gasteiger partial charge in [0.2, 0.25) is 5.91 Å². The molecule has 0 aromatic heterocycles. The molecule has 1 atom stereocenters. The second-order valence-electron chi connectivity index (χ2n) is 3.28. The van der Waals surface area contributed by atoms with Crippen molar-refractivity contribution in [2.75, 3.05) is 13.1 Å². The Labute approximate surface area is 88.5 Å². The third-order valence-corrected chi connectivity index (χ3v) is 1.87. The van der Waals surface area contributed by atoms with Crippen molar-refractivity contribution in [2.24, 2.45) is 5.73 Å². The Hall–Kier alpha value is -1.14. The number of aliphatic hydroxyl groups is 1. The lowest BCUT2D eigenvalue weighted by atomic mass is 10.1. The van der Waals surface area contributed by atoms with Crippen LogP contribution in [0.5, 0.6) is 0 Å². The van der Waals surface area contributed by atoms with Crippen molar-refractivity contribution >= 4 is 11.9 Å². The molecule has 0 aromatic rings. The smallest absolute Gasteiger partial charge is 0.305 e. The van der Waals surface area contributed by atoms with E-state index in [-0.39, 0.29) is 31.8 Å². The van der Waals surface area contributed by atoms with Gasteiger partial charge < -0.3 is 21.3 Å². The lowest BCUT2D eigenvalue weighted by Gasteiger charge is -2.07. The zero-order valence-electron chi connectivity index (χ0n) is 8.61. The number of rotatable bonds is 8. The Balaban J connectivity index is 3.37. The minimum atomic E-state index is -0.936. The molecule has 0 bridgehead atoms. The number of carboxylic acid groups (broad SMARTS) is 1. The van der Waals surface area contributed by atoms with Gasteiger partial charge in [-0.1, -0.05) is 0 Å². The number of carbonyl (C=O) groups is 2. The number of nitrogens with one attached hydrogen (secondary N) is 1. The molecule has 0 heterocycles. The molecule has 0 rings (SSSR count). The first kappa shape index (κ1) is 13.9. The summed E-state index contributed by atoms with van der Waals surface area (Å²) in [6, 6.07) is 0. The van der Waals surface area contributed by atoms with Crippen molar-refractivity contribution in [3.8, 4) is 0 Å². The molecule has 0 radical (unpaired) electrons. The maximum absolute atomic E-state index is 11.1. The molecule has 0 spiro atoms. The molecular weight excluding hydrogens is 200 g/mol. The molecule has 0 aliphatic carbocycles. The highest BCUT2D eigenvalue weighted by atomic mass is 16.4. The fourth-order valence-electron chi connectivity index (χ4n) is 1.01. The Bertz CT molecular complexity index is 208. The number of amides is 1. The first-order valence-electron chi connectivity index (χ1n) is 4.93. The highest BCUT2D eigenvalue weighted by Crippen LogP contribution is 1.99. The van der Waals surface area contributed by atoms with E-state index >= 15 is 0 Å². The van der Waals surface area contributed by atoms with Gasteiger partial charge in [0.25, 0.3) is 0 Å². The topological polar surface area (TPSA) is 113 Å². The summed E-state index contributed by atoms with van der Waals surface area (Å²) in [5.41, 5.74) is 5.19. The van der Waals surface area contributed by atoms with Crippen molar-refractivity contribution in [2.45, 2.75) is 31.8 Å². The lowest BCUT2D eigenvalue weighted by molar-refractivity contribution is -0.136. The first-order valence-corrected chi connectivity index (χ1v) is 4.93. The highest BCUT2D eigenvalue weighted by Gasteiger charge is 2.05. The van der Waals surface area contributed by atoms with Crippen LogP contribution in [0.25, 0.3) is 0 Å². The van der Waals surface area contributed by atoms with Crippen molar-refractivity contribution in [1.29, 1.82) is 0 Å². The molecule has 6 heteroatoms. The van der Waals surface area contributed by atoms with E-state index in [0.717, 1.165) is 0 Å². The van der Waals surface area contributed by atoms with E-state index in [0.29, 0.717) is 12.8 Å². The van der Waals surface area contributed by atoms with Crippen LogP contribution in [0.2, 0.25) is 0 Å². The number of carbonyl (C=O) groups excluding carboxylic acids is 1. The van der Waals surface area contributed by atoms with E-state index in [1.165, 1.54) is 0 Å². The van der Waals surface area contributed by atoms with Crippen molar-refractivity contribution < 1.29 is 19.8 Å². The van der Waals surface area contributed by atoms with E-state index in [4.69, 9.17) is 15.9 Å². The van der Waals surface area contributed by atoms with Gasteiger partial charge in [-0.15, -0.1) is 0 Å². The van der Waals surface area contributed by atoms with Gasteiger partial charge in [0.05, 0.1) is 12.5 Å². The van der Waals surface area contributed by atoms with Crippen LogP contribution in [0.4, 0.5) is 0 Å². The lowest BCUT2D eigenvalue weighted by Crippen LogP contribution is -2.26. The number of carboxylic acids is 1. The van der Waals surface area contributed by atoms with E-state index in [2.05, 4.69) is 5.32 Å². The zero-order valence-corrected chi connectivity index (χ0v) is 8.61. The Morgan fingerprint density at radius 1 is 1.33 bits per heavy atom. The van der Waals surface area contributed by atoms with E-state index in [1.807, 2.05) is 0 Å². The maximum atomic E-state index is 11.1. The molecule has 0 saturated carbocycles. The van der Waals surface area contributed by atoms with Gasteiger partial charge in [0, 0.05) is 19.5 Å². The molecule has 0 unspecified atom stereocenters. The van der Waals surface area contributed by atoms with Crippen LogP contribution < -0.4 is 11.1 Å². The molecule has 5 N–H and O–H groups in total. The molecule has 88 valence electrons. The van der Waals surface area contributed by atoms with Gasteiger partial charge in [-0.05, 0) is 12.8 Å². The SMILES string of the molecule is NC[C@@H](O)CCCC(=O)NCCC(=O)O. The minimum absolute atomic E-state index is 0.0723. The average molecular weight is 218 g/mol. The summed E-state index contributed by atoms with van der Waals surface area (Å²) >= 11 is 0. The van der Waals surface area contributed by atoms with E-state index in [9.17, 15) is 9.59 Å². The third kappa shape index (κ3) is 9.17. The Morgan fingerprint density at radius 3 is 2.53 bits per heavy atom. The summed E-state index contributed by atoms with van der Waals surface area (Å²) in [6.07, 6.45) is 0.699. The summed E-state index contributed by atoms with van der Waals surface area (Å²) < 4.78 is 0. The summed E-state index contributed by atoms with van der Waals surface area (Å²) in [5.74, 6) is -1.13. The van der Waals surface area contributed by atoms with Crippen LogP contribution in [0, 0.1) is 0 Å². The quantitative estimate of drug-likeness (QED) is 0.420. The van der Waals surface area contributed by atoms with Gasteiger partial charge in [0.1, 0.15) is 0 Å². The molecule has 0 fully saturated rings. The first-order chi connectivity index (χ1) is 7.06. The maximum Gasteiger partial charge on any atom is 0.305 e. The second-order valence-corrected chi connectivity index (χ2v) is 3.28. The van der Waals surface area contributed by atoms with Crippen molar-refractivity contribution in [3.63, 3.8) is 0 Å². The predicted molar refractivity (Wildman–Crippen MR) is 54.2 cm³/mol. The fourth-order valence-corrected chi connectivity index (χ4v) is 1.01. The fraction of sp³-hybridized carbons (Fsp3) is 0.778. The normalized spacial score (nSPS) is 12.1. The van der Waals surface area contributed by atoms with E-state index < -0.39 is 12.1 Å². The summed E-state index contributed by atoms with van der Waals surface area (Å²) in [6.45, 7) is 0.342. The summed E-state index contributed by atoms with van der Waals surface area (Å²) in [7, 11) is 0.